The van der Waals surface area contributed by atoms with Crippen molar-refractivity contribution >= 4 is 11.6 Å². The summed E-state index contributed by atoms with van der Waals surface area (Å²) < 4.78 is 0. The fourth-order valence-corrected chi connectivity index (χ4v) is 1.35. The van der Waals surface area contributed by atoms with Gasteiger partial charge in [-0.05, 0) is 12.8 Å². The van der Waals surface area contributed by atoms with Crippen molar-refractivity contribution in [3.63, 3.8) is 0 Å². The zero-order valence-corrected chi connectivity index (χ0v) is 7.29. The summed E-state index contributed by atoms with van der Waals surface area (Å²) in [4.78, 5) is 11.5. The van der Waals surface area contributed by atoms with E-state index in [1.54, 1.807) is 0 Å². The molecule has 1 atom stereocenters. The van der Waals surface area contributed by atoms with Crippen LogP contribution in [0.5, 0.6) is 0 Å². The van der Waals surface area contributed by atoms with Crippen LogP contribution in [0.3, 0.4) is 0 Å². The Bertz CT molecular complexity index is 248. The maximum absolute atomic E-state index is 11.5. The minimum absolute atomic E-state index is 0.0136. The molecular weight excluding hydrogens is 170 g/mol. The Balaban J connectivity index is 1.91. The van der Waals surface area contributed by atoms with E-state index in [-0.39, 0.29) is 18.4 Å². The zero-order valence-electron chi connectivity index (χ0n) is 7.29. The van der Waals surface area contributed by atoms with Crippen LogP contribution in [-0.2, 0) is 4.79 Å². The second kappa shape index (κ2) is 3.33. The van der Waals surface area contributed by atoms with Gasteiger partial charge >= 0.3 is 0 Å². The number of hydrogen-bond acceptors (Lipinski definition) is 4. The van der Waals surface area contributed by atoms with Gasteiger partial charge in [0.1, 0.15) is 0 Å². The van der Waals surface area contributed by atoms with Crippen LogP contribution in [0.4, 0.5) is 0 Å². The van der Waals surface area contributed by atoms with E-state index in [2.05, 4.69) is 15.8 Å². The summed E-state index contributed by atoms with van der Waals surface area (Å²) in [5, 5.41) is 15.6. The summed E-state index contributed by atoms with van der Waals surface area (Å²) >= 11 is 0. The lowest BCUT2D eigenvalue weighted by atomic mass is 10.0. The average Bonchev–Trinajstić information content (AvgIpc) is 2.82. The second-order valence-corrected chi connectivity index (χ2v) is 3.46. The number of amides is 1. The summed E-state index contributed by atoms with van der Waals surface area (Å²) in [5.41, 5.74) is 3.25. The Kier molecular flexibility index (Phi) is 2.18. The van der Waals surface area contributed by atoms with Crippen molar-refractivity contribution in [1.29, 1.82) is 0 Å². The molecule has 1 aliphatic heterocycles. The van der Waals surface area contributed by atoms with Crippen molar-refractivity contribution in [3.8, 4) is 0 Å². The summed E-state index contributed by atoms with van der Waals surface area (Å²) in [6.07, 6.45) is 2.16. The van der Waals surface area contributed by atoms with E-state index in [1.165, 1.54) is 0 Å². The molecule has 5 heteroatoms. The van der Waals surface area contributed by atoms with E-state index in [0.717, 1.165) is 12.8 Å². The van der Waals surface area contributed by atoms with E-state index in [1.807, 2.05) is 0 Å². The van der Waals surface area contributed by atoms with Crippen LogP contribution >= 0.6 is 0 Å². The van der Waals surface area contributed by atoms with Crippen molar-refractivity contribution in [2.75, 3.05) is 13.2 Å². The van der Waals surface area contributed by atoms with Crippen molar-refractivity contribution in [2.24, 2.45) is 11.0 Å². The molecule has 1 heterocycles. The number of hydrogen-bond donors (Lipinski definition) is 3. The first-order valence-electron chi connectivity index (χ1n) is 4.52. The molecule has 2 rings (SSSR count). The lowest BCUT2D eigenvalue weighted by molar-refractivity contribution is -0.122. The molecule has 2 aliphatic rings. The first-order valence-corrected chi connectivity index (χ1v) is 4.52. The van der Waals surface area contributed by atoms with Gasteiger partial charge in [0.2, 0.25) is 5.91 Å². The monoisotopic (exact) mass is 183 g/mol. The molecule has 0 aromatic heterocycles. The van der Waals surface area contributed by atoms with Crippen LogP contribution in [0.2, 0.25) is 0 Å². The number of nitrogens with one attached hydrogen (secondary N) is 2. The molecule has 0 spiro atoms. The fourth-order valence-electron chi connectivity index (χ4n) is 1.35. The molecular formula is C8H13N3O2. The Hall–Kier alpha value is -1.10. The number of rotatable bonds is 3. The third-order valence-electron chi connectivity index (χ3n) is 2.32. The van der Waals surface area contributed by atoms with E-state index < -0.39 is 0 Å². The predicted molar refractivity (Wildman–Crippen MR) is 47.2 cm³/mol. The first kappa shape index (κ1) is 8.50. The van der Waals surface area contributed by atoms with Gasteiger partial charge < -0.3 is 15.8 Å². The normalized spacial score (nSPS) is 26.5. The number of aliphatic hydroxyl groups excluding tert-OH is 1. The average molecular weight is 183 g/mol. The molecule has 3 N–H and O–H groups in total. The molecule has 72 valence electrons. The van der Waals surface area contributed by atoms with Gasteiger partial charge in [-0.2, -0.15) is 5.10 Å². The van der Waals surface area contributed by atoms with Gasteiger partial charge in [-0.15, -0.1) is 0 Å². The van der Waals surface area contributed by atoms with E-state index in [0.29, 0.717) is 18.3 Å². The van der Waals surface area contributed by atoms with Crippen LogP contribution in [0.15, 0.2) is 5.10 Å². The number of aliphatic hydroxyl groups is 1. The Labute approximate surface area is 76.2 Å². The predicted octanol–water partition coefficient (Wildman–Crippen LogP) is -1.17. The Morgan fingerprint density at radius 3 is 3.08 bits per heavy atom. The van der Waals surface area contributed by atoms with Crippen molar-refractivity contribution in [1.82, 2.24) is 10.7 Å². The lowest BCUT2D eigenvalue weighted by Crippen LogP contribution is -2.38. The minimum atomic E-state index is -0.273. The van der Waals surface area contributed by atoms with Crippen LogP contribution < -0.4 is 10.7 Å². The standard InChI is InChI=1S/C8H13N3O2/c12-4-7-6(3-9-11-7)8(13)10-5-1-2-5/h5-6,9,12H,1-4H2,(H,10,13). The van der Waals surface area contributed by atoms with Gasteiger partial charge in [0.25, 0.3) is 0 Å². The van der Waals surface area contributed by atoms with Crippen molar-refractivity contribution in [2.45, 2.75) is 18.9 Å². The van der Waals surface area contributed by atoms with E-state index in [4.69, 9.17) is 5.11 Å². The first-order chi connectivity index (χ1) is 6.31. The van der Waals surface area contributed by atoms with Crippen LogP contribution in [-0.4, -0.2) is 35.9 Å². The molecule has 13 heavy (non-hydrogen) atoms. The van der Waals surface area contributed by atoms with E-state index >= 15 is 0 Å². The highest BCUT2D eigenvalue weighted by atomic mass is 16.3. The van der Waals surface area contributed by atoms with E-state index in [9.17, 15) is 4.79 Å². The smallest absolute Gasteiger partial charge is 0.231 e. The zero-order chi connectivity index (χ0) is 9.26. The molecule has 1 fully saturated rings. The molecule has 1 saturated carbocycles. The third kappa shape index (κ3) is 1.80. The van der Waals surface area contributed by atoms with Crippen LogP contribution in [0.1, 0.15) is 12.8 Å². The molecule has 5 nitrogen and oxygen atoms in total. The van der Waals surface area contributed by atoms with Crippen molar-refractivity contribution in [3.05, 3.63) is 0 Å². The quantitative estimate of drug-likeness (QED) is 0.516. The molecule has 0 saturated heterocycles. The van der Waals surface area contributed by atoms with Crippen LogP contribution in [0.25, 0.3) is 0 Å². The van der Waals surface area contributed by atoms with Crippen molar-refractivity contribution < 1.29 is 9.90 Å². The summed E-state index contributed by atoms with van der Waals surface area (Å²) in [6.45, 7) is 0.365. The SMILES string of the molecule is O=C(NC1CC1)C1CNN=C1CO. The molecule has 0 aromatic rings. The third-order valence-corrected chi connectivity index (χ3v) is 2.32. The number of carbonyl (C=O) groups is 1. The summed E-state index contributed by atoms with van der Waals surface area (Å²) in [6, 6.07) is 0.369. The van der Waals surface area contributed by atoms with Gasteiger partial charge in [0, 0.05) is 6.04 Å². The van der Waals surface area contributed by atoms with Gasteiger partial charge in [-0.25, -0.2) is 0 Å². The fraction of sp³-hybridized carbons (Fsp3) is 0.750. The number of hydrazone groups is 1. The molecule has 0 radical (unpaired) electrons. The minimum Gasteiger partial charge on any atom is -0.390 e. The maximum atomic E-state index is 11.5. The summed E-state index contributed by atoms with van der Waals surface area (Å²) in [5.74, 6) is -0.286. The Morgan fingerprint density at radius 2 is 2.46 bits per heavy atom. The molecule has 1 aliphatic carbocycles. The highest BCUT2D eigenvalue weighted by Gasteiger charge is 2.32. The summed E-state index contributed by atoms with van der Waals surface area (Å²) in [7, 11) is 0. The van der Waals surface area contributed by atoms with Gasteiger partial charge in [0.05, 0.1) is 24.8 Å². The molecule has 0 aromatic carbocycles. The molecule has 0 bridgehead atoms. The lowest BCUT2D eigenvalue weighted by Gasteiger charge is -2.09. The highest BCUT2D eigenvalue weighted by Crippen LogP contribution is 2.19. The second-order valence-electron chi connectivity index (χ2n) is 3.46. The Morgan fingerprint density at radius 1 is 1.69 bits per heavy atom. The number of carbonyl (C=O) groups excluding carboxylic acids is 1. The molecule has 1 unspecified atom stereocenters. The van der Waals surface area contributed by atoms with Gasteiger partial charge in [-0.1, -0.05) is 0 Å². The molecule has 1 amide bonds. The number of nitrogens with zero attached hydrogens (tertiary/aromatic N) is 1. The topological polar surface area (TPSA) is 73.7 Å². The van der Waals surface area contributed by atoms with Crippen LogP contribution in [0, 0.1) is 5.92 Å². The van der Waals surface area contributed by atoms with Gasteiger partial charge in [0.15, 0.2) is 0 Å². The van der Waals surface area contributed by atoms with Gasteiger partial charge in [-0.3, -0.25) is 4.79 Å². The largest absolute Gasteiger partial charge is 0.390 e. The maximum Gasteiger partial charge on any atom is 0.231 e. The highest BCUT2D eigenvalue weighted by molar-refractivity contribution is 6.06.